The van der Waals surface area contributed by atoms with Crippen LogP contribution in [0.2, 0.25) is 0 Å². The number of aryl methyl sites for hydroxylation is 2. The molecule has 0 fully saturated rings. The van der Waals surface area contributed by atoms with Crippen LogP contribution in [0.4, 0.5) is 0 Å². The van der Waals surface area contributed by atoms with E-state index in [0.717, 1.165) is 0 Å². The van der Waals surface area contributed by atoms with Crippen molar-refractivity contribution in [2.45, 2.75) is 226 Å². The van der Waals surface area contributed by atoms with Gasteiger partial charge < -0.3 is 0 Å². The first kappa shape index (κ1) is 37.2. The molecule has 1 aromatic rings. The van der Waals surface area contributed by atoms with Crippen molar-refractivity contribution in [3.63, 3.8) is 0 Å². The predicted molar refractivity (Wildman–Crippen MR) is 179 cm³/mol. The maximum atomic E-state index is 2.61. The molecule has 0 aliphatic carbocycles. The van der Waals surface area contributed by atoms with Crippen LogP contribution in [0.5, 0.6) is 0 Å². The third-order valence-corrected chi connectivity index (χ3v) is 9.10. The highest BCUT2D eigenvalue weighted by Gasteiger charge is 2.16. The molecular weight excluding hydrogens is 484 g/mol. The minimum Gasteiger partial charge on any atom is -0.234 e. The molecule has 0 atom stereocenters. The number of aromatic nitrogens is 2. The quantitative estimate of drug-likeness (QED) is 0.0613. The van der Waals surface area contributed by atoms with E-state index in [1.165, 1.54) is 206 Å². The fraction of sp³-hybridized carbons (Fsp3) is 0.921. The molecule has 1 heterocycles. The van der Waals surface area contributed by atoms with Crippen molar-refractivity contribution in [2.75, 3.05) is 0 Å². The third-order valence-electron chi connectivity index (χ3n) is 9.10. The fourth-order valence-corrected chi connectivity index (χ4v) is 6.33. The average molecular weight is 560 g/mol. The summed E-state index contributed by atoms with van der Waals surface area (Å²) in [6.45, 7) is 9.38. The van der Waals surface area contributed by atoms with E-state index in [1.807, 2.05) is 0 Å². The average Bonchev–Trinajstić information content (AvgIpc) is 3.35. The predicted octanol–water partition coefficient (Wildman–Crippen LogP) is 12.7. The highest BCUT2D eigenvalue weighted by molar-refractivity contribution is 4.84. The Morgan fingerprint density at radius 2 is 0.775 bits per heavy atom. The second-order valence-electron chi connectivity index (χ2n) is 13.0. The summed E-state index contributed by atoms with van der Waals surface area (Å²) in [5.74, 6) is 1.61. The molecule has 0 saturated carbocycles. The first-order valence-electron chi connectivity index (χ1n) is 18.9. The Hall–Kier alpha value is -0.790. The Kier molecular flexibility index (Phi) is 27.6. The van der Waals surface area contributed by atoms with E-state index in [2.05, 4.69) is 42.3 Å². The Labute approximate surface area is 253 Å². The molecule has 0 amide bonds. The molecule has 1 aromatic heterocycles. The molecule has 0 unspecified atom stereocenters. The van der Waals surface area contributed by atoms with E-state index in [4.69, 9.17) is 0 Å². The normalized spacial score (nSPS) is 11.6. The topological polar surface area (TPSA) is 8.81 Å². The lowest BCUT2D eigenvalue weighted by atomic mass is 10.0. The molecule has 0 spiro atoms. The minimum atomic E-state index is 1.22. The van der Waals surface area contributed by atoms with E-state index in [0.29, 0.717) is 0 Å². The Balaban J connectivity index is 2.13. The lowest BCUT2D eigenvalue weighted by molar-refractivity contribution is -0.704. The number of hydrogen-bond donors (Lipinski definition) is 0. The number of hydrogen-bond acceptors (Lipinski definition) is 0. The van der Waals surface area contributed by atoms with Crippen LogP contribution in [0, 0.1) is 0 Å². The number of unbranched alkanes of at least 4 members (excludes halogenated alkanes) is 26. The van der Waals surface area contributed by atoms with Gasteiger partial charge in [0.05, 0.1) is 13.1 Å². The molecule has 2 heteroatoms. The van der Waals surface area contributed by atoms with Crippen LogP contribution >= 0.6 is 0 Å². The molecule has 0 N–H and O–H groups in total. The van der Waals surface area contributed by atoms with Crippen LogP contribution in [-0.2, 0) is 19.5 Å². The summed E-state index contributed by atoms with van der Waals surface area (Å²) in [5, 5.41) is 0. The largest absolute Gasteiger partial charge is 0.256 e. The summed E-state index contributed by atoms with van der Waals surface area (Å²) in [4.78, 5) is 0. The Morgan fingerprint density at radius 3 is 1.20 bits per heavy atom. The molecule has 0 radical (unpaired) electrons. The van der Waals surface area contributed by atoms with Crippen molar-refractivity contribution in [3.05, 3.63) is 18.2 Å². The van der Waals surface area contributed by atoms with Gasteiger partial charge in [0.1, 0.15) is 12.4 Å². The van der Waals surface area contributed by atoms with E-state index < -0.39 is 0 Å². The van der Waals surface area contributed by atoms with Gasteiger partial charge in [-0.05, 0) is 32.1 Å². The van der Waals surface area contributed by atoms with Crippen molar-refractivity contribution in [1.29, 1.82) is 0 Å². The van der Waals surface area contributed by atoms with Crippen molar-refractivity contribution in [2.24, 2.45) is 0 Å². The van der Waals surface area contributed by atoms with Crippen LogP contribution in [0.1, 0.15) is 213 Å². The van der Waals surface area contributed by atoms with Gasteiger partial charge in [-0.15, -0.1) is 0 Å². The molecule has 0 aromatic carbocycles. The van der Waals surface area contributed by atoms with Gasteiger partial charge in [-0.3, -0.25) is 0 Å². The monoisotopic (exact) mass is 560 g/mol. The molecule has 0 bridgehead atoms. The van der Waals surface area contributed by atoms with Gasteiger partial charge in [-0.25, -0.2) is 9.13 Å². The van der Waals surface area contributed by atoms with Gasteiger partial charge in [0.25, 0.3) is 5.82 Å². The van der Waals surface area contributed by atoms with Gasteiger partial charge in [-0.2, -0.15) is 0 Å². The maximum Gasteiger partial charge on any atom is 0.256 e. The van der Waals surface area contributed by atoms with E-state index in [-0.39, 0.29) is 0 Å². The van der Waals surface area contributed by atoms with Gasteiger partial charge in [0, 0.05) is 6.42 Å². The van der Waals surface area contributed by atoms with Gasteiger partial charge in [-0.1, -0.05) is 175 Å². The summed E-state index contributed by atoms with van der Waals surface area (Å²) in [5.41, 5.74) is 0. The third kappa shape index (κ3) is 21.9. The first-order chi connectivity index (χ1) is 19.8. The van der Waals surface area contributed by atoms with Gasteiger partial charge in [0.2, 0.25) is 0 Å². The number of nitrogens with zero attached hydrogens (tertiary/aromatic N) is 2. The minimum absolute atomic E-state index is 1.22. The zero-order valence-electron chi connectivity index (χ0n) is 28.2. The summed E-state index contributed by atoms with van der Waals surface area (Å²) < 4.78 is 5.21. The van der Waals surface area contributed by atoms with Crippen LogP contribution in [0.3, 0.4) is 0 Å². The molecule has 0 saturated heterocycles. The van der Waals surface area contributed by atoms with Crippen molar-refractivity contribution in [1.82, 2.24) is 4.57 Å². The summed E-state index contributed by atoms with van der Waals surface area (Å²) in [6.07, 6.45) is 47.5. The maximum absolute atomic E-state index is 2.61. The summed E-state index contributed by atoms with van der Waals surface area (Å²) in [6, 6.07) is 0. The Morgan fingerprint density at radius 1 is 0.425 bits per heavy atom. The Bertz CT molecular complexity index is 619. The molecule has 1 rings (SSSR count). The van der Waals surface area contributed by atoms with E-state index >= 15 is 0 Å². The summed E-state index contributed by atoms with van der Waals surface area (Å²) >= 11 is 0. The second kappa shape index (κ2) is 29.7. The summed E-state index contributed by atoms with van der Waals surface area (Å²) in [7, 11) is 0. The molecule has 236 valence electrons. The lowest BCUT2D eigenvalue weighted by Gasteiger charge is -2.07. The fourth-order valence-electron chi connectivity index (χ4n) is 6.33. The smallest absolute Gasteiger partial charge is 0.234 e. The zero-order valence-corrected chi connectivity index (χ0v) is 28.2. The molecule has 2 nitrogen and oxygen atoms in total. The van der Waals surface area contributed by atoms with E-state index in [9.17, 15) is 0 Å². The van der Waals surface area contributed by atoms with Crippen molar-refractivity contribution < 1.29 is 4.57 Å². The van der Waals surface area contributed by atoms with Crippen LogP contribution < -0.4 is 4.57 Å². The number of imidazole rings is 1. The highest BCUT2D eigenvalue weighted by Crippen LogP contribution is 2.15. The second-order valence-corrected chi connectivity index (χ2v) is 13.0. The molecule has 0 aliphatic rings. The SMILES string of the molecule is CCCCCCCCCCCCCCCCCCc1n(CCCCC)cc[n+]1CCCCCCCCCCCC. The molecular formula is C38H75N2+. The van der Waals surface area contributed by atoms with Crippen molar-refractivity contribution >= 4 is 0 Å². The van der Waals surface area contributed by atoms with Crippen LogP contribution in [-0.4, -0.2) is 4.57 Å². The first-order valence-corrected chi connectivity index (χ1v) is 18.9. The zero-order chi connectivity index (χ0) is 28.8. The van der Waals surface area contributed by atoms with Gasteiger partial charge in [0.15, 0.2) is 0 Å². The van der Waals surface area contributed by atoms with Crippen molar-refractivity contribution in [3.8, 4) is 0 Å². The van der Waals surface area contributed by atoms with Crippen LogP contribution in [0.15, 0.2) is 12.4 Å². The van der Waals surface area contributed by atoms with Crippen LogP contribution in [0.25, 0.3) is 0 Å². The van der Waals surface area contributed by atoms with E-state index in [1.54, 1.807) is 5.82 Å². The number of rotatable bonds is 32. The van der Waals surface area contributed by atoms with Gasteiger partial charge >= 0.3 is 0 Å². The molecule has 0 aliphatic heterocycles. The molecule has 40 heavy (non-hydrogen) atoms. The standard InChI is InChI=1S/C38H75N2/c1-4-7-10-12-14-16-18-19-20-21-22-23-24-26-28-30-33-38-39(34-31-9-6-3)36-37-40(38)35-32-29-27-25-17-15-13-11-8-5-2/h36-37H,4-35H2,1-3H3/q+1. The lowest BCUT2D eigenvalue weighted by Crippen LogP contribution is -2.37. The highest BCUT2D eigenvalue weighted by atomic mass is 15.1.